The topological polar surface area (TPSA) is 12.5 Å². The fourth-order valence-corrected chi connectivity index (χ4v) is 2.59. The lowest BCUT2D eigenvalue weighted by Gasteiger charge is -2.24. The van der Waals surface area contributed by atoms with Crippen LogP contribution >= 0.6 is 0 Å². The van der Waals surface area contributed by atoms with Crippen molar-refractivity contribution in [2.24, 2.45) is 11.8 Å². The molecule has 2 fully saturated rings. The second-order valence-electron chi connectivity index (χ2n) is 4.13. The van der Waals surface area contributed by atoms with Crippen LogP contribution in [0, 0.1) is 11.8 Å². The van der Waals surface area contributed by atoms with Crippen LogP contribution in [0.1, 0.15) is 25.7 Å². The Bertz CT molecular complexity index is 146. The molecule has 11 heavy (non-hydrogen) atoms. The molecule has 0 aromatic rings. The maximum atomic E-state index is 5.68. The molecule has 0 aliphatic heterocycles. The number of nitrogens with zero attached hydrogens (tertiary/aromatic N) is 1. The lowest BCUT2D eigenvalue weighted by molar-refractivity contribution is -0.178. The van der Waals surface area contributed by atoms with Gasteiger partial charge in [-0.05, 0) is 37.5 Å². The van der Waals surface area contributed by atoms with Gasteiger partial charge in [0.1, 0.15) is 0 Å². The van der Waals surface area contributed by atoms with E-state index in [1.807, 2.05) is 19.2 Å². The van der Waals surface area contributed by atoms with E-state index in [0.717, 1.165) is 11.8 Å². The van der Waals surface area contributed by atoms with Crippen LogP contribution in [0.15, 0.2) is 0 Å². The molecule has 0 saturated heterocycles. The van der Waals surface area contributed by atoms with Crippen LogP contribution in [-0.4, -0.2) is 25.3 Å². The van der Waals surface area contributed by atoms with Gasteiger partial charge in [0.2, 0.25) is 0 Å². The summed E-state index contributed by atoms with van der Waals surface area (Å²) in [6, 6.07) is 0. The highest BCUT2D eigenvalue weighted by molar-refractivity contribution is 4.90. The van der Waals surface area contributed by atoms with Crippen molar-refractivity contribution in [3.05, 3.63) is 0 Å². The molecule has 0 amide bonds. The summed E-state index contributed by atoms with van der Waals surface area (Å²) in [6.07, 6.45) is 6.14. The molecule has 0 unspecified atom stereocenters. The minimum Gasteiger partial charge on any atom is -0.296 e. The van der Waals surface area contributed by atoms with Gasteiger partial charge >= 0.3 is 0 Å². The van der Waals surface area contributed by atoms with Gasteiger partial charge in [0.25, 0.3) is 0 Å². The van der Waals surface area contributed by atoms with Crippen LogP contribution in [0.5, 0.6) is 0 Å². The molecule has 0 spiro atoms. The zero-order valence-corrected chi connectivity index (χ0v) is 7.42. The van der Waals surface area contributed by atoms with E-state index < -0.39 is 0 Å². The van der Waals surface area contributed by atoms with Crippen LogP contribution in [0.4, 0.5) is 0 Å². The zero-order valence-electron chi connectivity index (χ0n) is 7.42. The van der Waals surface area contributed by atoms with E-state index in [1.165, 1.54) is 25.7 Å². The number of fused-ring (bicyclic) bond motifs is 2. The smallest absolute Gasteiger partial charge is 0.0823 e. The molecule has 0 N–H and O–H groups in total. The SMILES string of the molecule is CN(C)O[C@H]1C[C@@H]2CC[C@@H]1C2. The maximum absolute atomic E-state index is 5.68. The Labute approximate surface area is 68.5 Å². The van der Waals surface area contributed by atoms with Gasteiger partial charge in [-0.2, -0.15) is 5.06 Å². The fraction of sp³-hybridized carbons (Fsp3) is 1.00. The second-order valence-corrected chi connectivity index (χ2v) is 4.13. The first-order chi connectivity index (χ1) is 5.25. The molecule has 2 rings (SSSR count). The molecular formula is C9H17NO. The fourth-order valence-electron chi connectivity index (χ4n) is 2.59. The van der Waals surface area contributed by atoms with E-state index in [9.17, 15) is 0 Å². The molecule has 0 radical (unpaired) electrons. The van der Waals surface area contributed by atoms with E-state index in [4.69, 9.17) is 4.84 Å². The molecule has 2 heteroatoms. The highest BCUT2D eigenvalue weighted by Gasteiger charge is 2.40. The Kier molecular flexibility index (Phi) is 1.90. The third-order valence-electron chi connectivity index (χ3n) is 3.02. The Morgan fingerprint density at radius 2 is 2.00 bits per heavy atom. The zero-order chi connectivity index (χ0) is 7.84. The minimum atomic E-state index is 0.545. The summed E-state index contributed by atoms with van der Waals surface area (Å²) < 4.78 is 0. The predicted octanol–water partition coefficient (Wildman–Crippen LogP) is 1.67. The average molecular weight is 155 g/mol. The molecule has 0 aromatic heterocycles. The van der Waals surface area contributed by atoms with Gasteiger partial charge in [0.05, 0.1) is 6.10 Å². The van der Waals surface area contributed by atoms with Gasteiger partial charge in [-0.3, -0.25) is 4.84 Å². The third kappa shape index (κ3) is 1.42. The van der Waals surface area contributed by atoms with Gasteiger partial charge in [-0.1, -0.05) is 0 Å². The van der Waals surface area contributed by atoms with Crippen molar-refractivity contribution >= 4 is 0 Å². The summed E-state index contributed by atoms with van der Waals surface area (Å²) in [6.45, 7) is 0. The van der Waals surface area contributed by atoms with Crippen LogP contribution in [0.25, 0.3) is 0 Å². The van der Waals surface area contributed by atoms with Crippen LogP contribution in [0.3, 0.4) is 0 Å². The Morgan fingerprint density at radius 3 is 2.45 bits per heavy atom. The van der Waals surface area contributed by atoms with Gasteiger partial charge < -0.3 is 0 Å². The number of rotatable bonds is 2. The summed E-state index contributed by atoms with van der Waals surface area (Å²) in [7, 11) is 3.96. The molecule has 2 saturated carbocycles. The van der Waals surface area contributed by atoms with Crippen molar-refractivity contribution < 1.29 is 4.84 Å². The van der Waals surface area contributed by atoms with E-state index in [2.05, 4.69) is 0 Å². The molecule has 2 aliphatic carbocycles. The van der Waals surface area contributed by atoms with Gasteiger partial charge in [0.15, 0.2) is 0 Å². The first-order valence-electron chi connectivity index (χ1n) is 4.60. The van der Waals surface area contributed by atoms with Crippen LogP contribution in [-0.2, 0) is 4.84 Å². The standard InChI is InChI=1S/C9H17NO/c1-10(2)11-9-6-7-3-4-8(9)5-7/h7-9H,3-6H2,1-2H3/t7-,8-,9+/m1/s1. The molecule has 2 aliphatic rings. The quantitative estimate of drug-likeness (QED) is 0.562. The highest BCUT2D eigenvalue weighted by Crippen LogP contribution is 2.45. The van der Waals surface area contributed by atoms with Gasteiger partial charge in [-0.25, -0.2) is 0 Å². The number of hydrogen-bond donors (Lipinski definition) is 0. The predicted molar refractivity (Wildman–Crippen MR) is 44.0 cm³/mol. The Hall–Kier alpha value is -0.0800. The molecule has 0 aromatic carbocycles. The van der Waals surface area contributed by atoms with Crippen molar-refractivity contribution in [1.82, 2.24) is 5.06 Å². The van der Waals surface area contributed by atoms with Crippen molar-refractivity contribution in [1.29, 1.82) is 0 Å². The van der Waals surface area contributed by atoms with Crippen molar-refractivity contribution in [2.45, 2.75) is 31.8 Å². The normalized spacial score (nSPS) is 42.3. The van der Waals surface area contributed by atoms with E-state index in [0.29, 0.717) is 6.10 Å². The Morgan fingerprint density at radius 1 is 1.18 bits per heavy atom. The average Bonchev–Trinajstić information content (AvgIpc) is 2.45. The van der Waals surface area contributed by atoms with Crippen LogP contribution in [0.2, 0.25) is 0 Å². The molecule has 2 bridgehead atoms. The van der Waals surface area contributed by atoms with E-state index in [-0.39, 0.29) is 0 Å². The molecule has 2 nitrogen and oxygen atoms in total. The van der Waals surface area contributed by atoms with E-state index >= 15 is 0 Å². The lowest BCUT2D eigenvalue weighted by atomic mass is 9.98. The lowest BCUT2D eigenvalue weighted by Crippen LogP contribution is -2.27. The van der Waals surface area contributed by atoms with Crippen molar-refractivity contribution in [3.8, 4) is 0 Å². The maximum Gasteiger partial charge on any atom is 0.0823 e. The monoisotopic (exact) mass is 155 g/mol. The number of hydrogen-bond acceptors (Lipinski definition) is 2. The summed E-state index contributed by atoms with van der Waals surface area (Å²) in [5, 5.41) is 1.85. The summed E-state index contributed by atoms with van der Waals surface area (Å²) in [5.41, 5.74) is 0. The highest BCUT2D eigenvalue weighted by atomic mass is 16.7. The van der Waals surface area contributed by atoms with Crippen LogP contribution < -0.4 is 0 Å². The Balaban J connectivity index is 1.87. The van der Waals surface area contributed by atoms with E-state index in [1.54, 1.807) is 0 Å². The molecular weight excluding hydrogens is 138 g/mol. The minimum absolute atomic E-state index is 0.545. The van der Waals surface area contributed by atoms with Gasteiger partial charge in [0, 0.05) is 14.1 Å². The first-order valence-corrected chi connectivity index (χ1v) is 4.60. The van der Waals surface area contributed by atoms with Crippen molar-refractivity contribution in [3.63, 3.8) is 0 Å². The van der Waals surface area contributed by atoms with Gasteiger partial charge in [-0.15, -0.1) is 0 Å². The van der Waals surface area contributed by atoms with Crippen molar-refractivity contribution in [2.75, 3.05) is 14.1 Å². The molecule has 64 valence electrons. The third-order valence-corrected chi connectivity index (χ3v) is 3.02. The summed E-state index contributed by atoms with van der Waals surface area (Å²) >= 11 is 0. The summed E-state index contributed by atoms with van der Waals surface area (Å²) in [4.78, 5) is 5.68. The number of hydroxylamine groups is 2. The molecule has 0 heterocycles. The largest absolute Gasteiger partial charge is 0.296 e. The molecule has 3 atom stereocenters. The summed E-state index contributed by atoms with van der Waals surface area (Å²) in [5.74, 6) is 1.87. The first kappa shape index (κ1) is 7.56. The second kappa shape index (κ2) is 2.76.